The maximum Gasteiger partial charge on any atom is 0.270 e. The molecule has 1 atom stereocenters. The highest BCUT2D eigenvalue weighted by molar-refractivity contribution is 7.99. The Bertz CT molecular complexity index is 1760. The molecule has 0 unspecified atom stereocenters. The van der Waals surface area contributed by atoms with Crippen LogP contribution in [0.4, 0.5) is 11.4 Å². The molecule has 0 aliphatic heterocycles. The van der Waals surface area contributed by atoms with Crippen molar-refractivity contribution in [1.82, 2.24) is 9.55 Å². The van der Waals surface area contributed by atoms with E-state index in [1.165, 1.54) is 32.9 Å². The van der Waals surface area contributed by atoms with Crippen LogP contribution in [-0.2, 0) is 17.6 Å². The van der Waals surface area contributed by atoms with E-state index < -0.39 is 10.8 Å². The SMILES string of the molecule is Cc1ccc(-n2c(SCC(=O)Nc3ccc([N+](=O)[O-])cc3C#N)nc3sc4c(c3c2=O)CC[C@H](C)C4)cc1Cl. The molecule has 2 heterocycles. The number of non-ortho nitro benzene ring substituents is 1. The number of nitrogens with zero attached hydrogens (tertiary/aromatic N) is 4. The number of carbonyl (C=O) groups excluding carboxylic acids is 1. The molecule has 0 fully saturated rings. The molecule has 1 aliphatic carbocycles. The number of aryl methyl sites for hydroxylation is 2. The fraction of sp³-hybridized carbons (Fsp3) is 0.259. The van der Waals surface area contributed by atoms with Crippen LogP contribution in [0.15, 0.2) is 46.3 Å². The molecule has 1 amide bonds. The molecule has 9 nitrogen and oxygen atoms in total. The number of nitro groups is 1. The number of thiophene rings is 1. The first kappa shape index (κ1) is 26.9. The zero-order chi connectivity index (χ0) is 27.8. The van der Waals surface area contributed by atoms with E-state index in [-0.39, 0.29) is 28.3 Å². The van der Waals surface area contributed by atoms with Crippen molar-refractivity contribution in [2.45, 2.75) is 38.3 Å². The number of carbonyl (C=O) groups is 1. The van der Waals surface area contributed by atoms with E-state index in [1.54, 1.807) is 12.1 Å². The van der Waals surface area contributed by atoms with Gasteiger partial charge in [-0.1, -0.05) is 36.4 Å². The highest BCUT2D eigenvalue weighted by atomic mass is 35.5. The Morgan fingerprint density at radius 2 is 2.15 bits per heavy atom. The van der Waals surface area contributed by atoms with E-state index in [0.29, 0.717) is 32.0 Å². The van der Waals surface area contributed by atoms with E-state index >= 15 is 0 Å². The van der Waals surface area contributed by atoms with Gasteiger partial charge in [-0.3, -0.25) is 24.3 Å². The molecular formula is C27H22ClN5O4S2. The maximum atomic E-state index is 13.9. The van der Waals surface area contributed by atoms with Crippen molar-refractivity contribution in [3.63, 3.8) is 0 Å². The molecule has 12 heteroatoms. The second-order valence-corrected chi connectivity index (χ2v) is 11.9. The Labute approximate surface area is 236 Å². The average molecular weight is 580 g/mol. The first-order valence-electron chi connectivity index (χ1n) is 12.1. The predicted molar refractivity (Wildman–Crippen MR) is 153 cm³/mol. The third-order valence-corrected chi connectivity index (χ3v) is 9.15. The summed E-state index contributed by atoms with van der Waals surface area (Å²) in [6.45, 7) is 4.08. The number of hydrogen-bond acceptors (Lipinski definition) is 8. The lowest BCUT2D eigenvalue weighted by Crippen LogP contribution is -2.23. The van der Waals surface area contributed by atoms with E-state index in [1.807, 2.05) is 19.1 Å². The third-order valence-electron chi connectivity index (χ3n) is 6.65. The zero-order valence-electron chi connectivity index (χ0n) is 21.0. The lowest BCUT2D eigenvalue weighted by atomic mass is 9.89. The summed E-state index contributed by atoms with van der Waals surface area (Å²) in [5, 5.41) is 24.5. The van der Waals surface area contributed by atoms with Gasteiger partial charge in [0.05, 0.1) is 33.0 Å². The van der Waals surface area contributed by atoms with Gasteiger partial charge in [-0.05, 0) is 61.4 Å². The minimum absolute atomic E-state index is 0.0216. The summed E-state index contributed by atoms with van der Waals surface area (Å²) in [4.78, 5) is 43.9. The summed E-state index contributed by atoms with van der Waals surface area (Å²) in [5.41, 5.74) is 2.19. The number of rotatable bonds is 6. The lowest BCUT2D eigenvalue weighted by Gasteiger charge is -2.18. The van der Waals surface area contributed by atoms with E-state index in [2.05, 4.69) is 12.2 Å². The lowest BCUT2D eigenvalue weighted by molar-refractivity contribution is -0.384. The fourth-order valence-corrected chi connectivity index (χ4v) is 6.99. The minimum atomic E-state index is -0.607. The van der Waals surface area contributed by atoms with Gasteiger partial charge in [0, 0.05) is 22.0 Å². The molecule has 39 heavy (non-hydrogen) atoms. The van der Waals surface area contributed by atoms with Crippen LogP contribution in [0.2, 0.25) is 5.02 Å². The highest BCUT2D eigenvalue weighted by Gasteiger charge is 2.25. The molecular weight excluding hydrogens is 558 g/mol. The monoisotopic (exact) mass is 579 g/mol. The van der Waals surface area contributed by atoms with Crippen LogP contribution in [0.25, 0.3) is 15.9 Å². The number of thioether (sulfide) groups is 1. The van der Waals surface area contributed by atoms with E-state index in [9.17, 15) is 25.0 Å². The normalized spacial score (nSPS) is 14.6. The van der Waals surface area contributed by atoms with Crippen LogP contribution >= 0.6 is 34.7 Å². The summed E-state index contributed by atoms with van der Waals surface area (Å²) < 4.78 is 1.50. The van der Waals surface area contributed by atoms with Crippen molar-refractivity contribution >= 4 is 62.2 Å². The van der Waals surface area contributed by atoms with Gasteiger partial charge in [-0.2, -0.15) is 5.26 Å². The minimum Gasteiger partial charge on any atom is -0.324 e. The van der Waals surface area contributed by atoms with Crippen LogP contribution in [-0.4, -0.2) is 26.1 Å². The first-order valence-corrected chi connectivity index (χ1v) is 14.3. The Morgan fingerprint density at radius 3 is 2.87 bits per heavy atom. The van der Waals surface area contributed by atoms with Crippen molar-refractivity contribution in [2.75, 3.05) is 11.1 Å². The number of hydrogen-bond donors (Lipinski definition) is 1. The summed E-state index contributed by atoms with van der Waals surface area (Å²) in [7, 11) is 0. The first-order chi connectivity index (χ1) is 18.7. The Balaban J connectivity index is 1.51. The van der Waals surface area contributed by atoms with Crippen molar-refractivity contribution in [3.05, 3.63) is 83.5 Å². The van der Waals surface area contributed by atoms with Gasteiger partial charge in [-0.15, -0.1) is 11.3 Å². The topological polar surface area (TPSA) is 131 Å². The molecule has 1 aliphatic rings. The number of amides is 1. The van der Waals surface area contributed by atoms with Crippen LogP contribution < -0.4 is 10.9 Å². The molecule has 0 radical (unpaired) electrons. The molecule has 198 valence electrons. The molecule has 2 aromatic heterocycles. The molecule has 0 saturated heterocycles. The van der Waals surface area contributed by atoms with Crippen molar-refractivity contribution in [3.8, 4) is 11.8 Å². The summed E-state index contributed by atoms with van der Waals surface area (Å²) >= 11 is 9.02. The second kappa shape index (κ2) is 10.8. The van der Waals surface area contributed by atoms with Crippen LogP contribution in [0.5, 0.6) is 0 Å². The van der Waals surface area contributed by atoms with E-state index in [0.717, 1.165) is 48.2 Å². The van der Waals surface area contributed by atoms with E-state index in [4.69, 9.17) is 16.6 Å². The van der Waals surface area contributed by atoms with Crippen LogP contribution in [0.3, 0.4) is 0 Å². The summed E-state index contributed by atoms with van der Waals surface area (Å²) in [5.74, 6) is -0.0203. The molecule has 2 aromatic carbocycles. The molecule has 0 saturated carbocycles. The number of halogens is 1. The predicted octanol–water partition coefficient (Wildman–Crippen LogP) is 6.04. The van der Waals surface area contributed by atoms with Crippen molar-refractivity contribution in [1.29, 1.82) is 5.26 Å². The van der Waals surface area contributed by atoms with Gasteiger partial charge in [0.2, 0.25) is 5.91 Å². The molecule has 0 bridgehead atoms. The molecule has 0 spiro atoms. The van der Waals surface area contributed by atoms with Gasteiger partial charge in [0.15, 0.2) is 5.16 Å². The van der Waals surface area contributed by atoms with Gasteiger partial charge in [-0.25, -0.2) is 4.98 Å². The summed E-state index contributed by atoms with van der Waals surface area (Å²) in [6, 6.07) is 10.9. The van der Waals surface area contributed by atoms with Gasteiger partial charge in [0.1, 0.15) is 10.9 Å². The number of nitro benzene ring substituents is 1. The quantitative estimate of drug-likeness (QED) is 0.127. The largest absolute Gasteiger partial charge is 0.324 e. The highest BCUT2D eigenvalue weighted by Crippen LogP contribution is 2.37. The standard InChI is InChI=1S/C27H22ClN5O4S2/c1-14-3-7-19-22(9-14)39-25-24(19)26(35)32(17-5-4-15(2)20(28)11-17)27(31-25)38-13-23(34)30-21-8-6-18(33(36)37)10-16(21)12-29/h4-6,8,10-11,14H,3,7,9,13H2,1-2H3,(H,30,34)/t14-/m0/s1. The molecule has 1 N–H and O–H groups in total. The number of fused-ring (bicyclic) bond motifs is 3. The van der Waals surface area contributed by atoms with Gasteiger partial charge in [0.25, 0.3) is 11.2 Å². The van der Waals surface area contributed by atoms with Crippen molar-refractivity contribution < 1.29 is 9.72 Å². The fourth-order valence-electron chi connectivity index (χ4n) is 4.58. The number of nitrogens with one attached hydrogen (secondary N) is 1. The smallest absolute Gasteiger partial charge is 0.270 e. The summed E-state index contributed by atoms with van der Waals surface area (Å²) in [6.07, 6.45) is 2.75. The number of anilines is 1. The maximum absolute atomic E-state index is 13.9. The average Bonchev–Trinajstić information content (AvgIpc) is 3.27. The second-order valence-electron chi connectivity index (χ2n) is 9.44. The third kappa shape index (κ3) is 5.28. The van der Waals surface area contributed by atoms with Crippen molar-refractivity contribution in [2.24, 2.45) is 5.92 Å². The van der Waals surface area contributed by atoms with Crippen LogP contribution in [0, 0.1) is 34.3 Å². The Morgan fingerprint density at radius 1 is 1.36 bits per heavy atom. The Hall–Kier alpha value is -3.72. The Kier molecular flexibility index (Phi) is 7.44. The number of benzene rings is 2. The number of aromatic nitrogens is 2. The number of nitriles is 1. The van der Waals surface area contributed by atoms with Gasteiger partial charge >= 0.3 is 0 Å². The molecule has 4 aromatic rings. The van der Waals surface area contributed by atoms with Gasteiger partial charge < -0.3 is 5.32 Å². The van der Waals surface area contributed by atoms with Crippen LogP contribution in [0.1, 0.15) is 34.9 Å². The molecule has 5 rings (SSSR count). The zero-order valence-corrected chi connectivity index (χ0v) is 23.4.